The molecule has 1 aromatic rings. The maximum absolute atomic E-state index is 7.00. The van der Waals surface area contributed by atoms with Crippen LogP contribution in [0, 0.1) is 0 Å². The van der Waals surface area contributed by atoms with Crippen molar-refractivity contribution >= 4 is 11.4 Å². The third-order valence-corrected chi connectivity index (χ3v) is 7.10. The number of hydrogen-bond donors (Lipinski definition) is 2. The monoisotopic (exact) mass is 540 g/mol. The van der Waals surface area contributed by atoms with Crippen LogP contribution in [0.3, 0.4) is 0 Å². The lowest BCUT2D eigenvalue weighted by Crippen LogP contribution is -2.12. The summed E-state index contributed by atoms with van der Waals surface area (Å²) in [6.45, 7) is 15.3. The highest BCUT2D eigenvalue weighted by Crippen LogP contribution is 2.35. The van der Waals surface area contributed by atoms with Crippen LogP contribution in [0.5, 0.6) is 0 Å². The fraction of sp³-hybridized carbons (Fsp3) is 0.421. The summed E-state index contributed by atoms with van der Waals surface area (Å²) in [6, 6.07) is 0. The summed E-state index contributed by atoms with van der Waals surface area (Å²) in [7, 11) is 0. The van der Waals surface area contributed by atoms with Crippen LogP contribution < -0.4 is 11.5 Å². The summed E-state index contributed by atoms with van der Waals surface area (Å²) in [6.07, 6.45) is 42.1. The van der Waals surface area contributed by atoms with Crippen LogP contribution in [-0.4, -0.2) is 0 Å². The molecule has 0 radical (unpaired) electrons. The molecule has 0 aromatic heterocycles. The van der Waals surface area contributed by atoms with Crippen LogP contribution in [0.25, 0.3) is 0 Å². The van der Waals surface area contributed by atoms with Crippen LogP contribution in [0.15, 0.2) is 99.2 Å². The van der Waals surface area contributed by atoms with Gasteiger partial charge in [0.15, 0.2) is 0 Å². The van der Waals surface area contributed by atoms with Crippen molar-refractivity contribution in [3.8, 4) is 0 Å². The molecule has 0 aliphatic heterocycles. The fourth-order valence-electron chi connectivity index (χ4n) is 4.74. The number of rotatable bonds is 24. The molecule has 0 aliphatic carbocycles. The van der Waals surface area contributed by atoms with Gasteiger partial charge in [0, 0.05) is 11.4 Å². The Hall–Kier alpha value is -3.26. The lowest BCUT2D eigenvalue weighted by molar-refractivity contribution is 0.865. The van der Waals surface area contributed by atoms with Gasteiger partial charge in [-0.2, -0.15) is 0 Å². The van der Waals surface area contributed by atoms with Crippen molar-refractivity contribution in [2.75, 3.05) is 11.5 Å². The maximum Gasteiger partial charge on any atom is 0.0392 e. The fourth-order valence-corrected chi connectivity index (χ4v) is 4.74. The summed E-state index contributed by atoms with van der Waals surface area (Å²) < 4.78 is 0. The van der Waals surface area contributed by atoms with E-state index in [1.54, 1.807) is 0 Å². The van der Waals surface area contributed by atoms with E-state index >= 15 is 0 Å². The molecular formula is C38H56N2. The Morgan fingerprint density at radius 3 is 0.775 bits per heavy atom. The molecule has 0 saturated carbocycles. The Kier molecular flexibility index (Phi) is 20.5. The first kappa shape index (κ1) is 34.8. The van der Waals surface area contributed by atoms with E-state index in [2.05, 4.69) is 74.9 Å². The maximum atomic E-state index is 7.00. The van der Waals surface area contributed by atoms with Gasteiger partial charge in [-0.25, -0.2) is 0 Å². The predicted octanol–water partition coefficient (Wildman–Crippen LogP) is 10.7. The molecule has 218 valence electrons. The second-order valence-electron chi connectivity index (χ2n) is 10.3. The number of unbranched alkanes of at least 4 members (excludes halogenated alkanes) is 8. The first-order valence-corrected chi connectivity index (χ1v) is 15.4. The smallest absolute Gasteiger partial charge is 0.0392 e. The molecule has 0 atom stereocenters. The van der Waals surface area contributed by atoms with E-state index in [1.807, 2.05) is 24.3 Å². The molecule has 0 heterocycles. The van der Waals surface area contributed by atoms with Crippen molar-refractivity contribution in [3.05, 3.63) is 121 Å². The summed E-state index contributed by atoms with van der Waals surface area (Å²) in [4.78, 5) is 0. The molecule has 0 bridgehead atoms. The second kappa shape index (κ2) is 23.6. The van der Waals surface area contributed by atoms with Gasteiger partial charge in [-0.1, -0.05) is 72.9 Å². The van der Waals surface area contributed by atoms with Crippen molar-refractivity contribution in [3.63, 3.8) is 0 Å². The van der Waals surface area contributed by atoms with Crippen LogP contribution in [0.4, 0.5) is 11.4 Å². The normalized spacial score (nSPS) is 11.8. The van der Waals surface area contributed by atoms with Crippen molar-refractivity contribution in [2.24, 2.45) is 0 Å². The van der Waals surface area contributed by atoms with Crippen LogP contribution >= 0.6 is 0 Å². The van der Waals surface area contributed by atoms with E-state index in [4.69, 9.17) is 11.5 Å². The van der Waals surface area contributed by atoms with E-state index < -0.39 is 0 Å². The van der Waals surface area contributed by atoms with E-state index in [0.29, 0.717) is 0 Å². The number of nitrogens with two attached hydrogens (primary N) is 2. The molecule has 40 heavy (non-hydrogen) atoms. The predicted molar refractivity (Wildman–Crippen MR) is 183 cm³/mol. The second-order valence-corrected chi connectivity index (χ2v) is 10.3. The van der Waals surface area contributed by atoms with Gasteiger partial charge in [0.05, 0.1) is 0 Å². The third-order valence-electron chi connectivity index (χ3n) is 7.10. The molecule has 1 rings (SSSR count). The van der Waals surface area contributed by atoms with Crippen molar-refractivity contribution in [2.45, 2.75) is 103 Å². The highest BCUT2D eigenvalue weighted by atomic mass is 14.6. The van der Waals surface area contributed by atoms with Gasteiger partial charge in [0.1, 0.15) is 0 Å². The molecule has 2 nitrogen and oxygen atoms in total. The zero-order valence-electron chi connectivity index (χ0n) is 25.2. The summed E-state index contributed by atoms with van der Waals surface area (Å²) in [5.41, 5.74) is 20.5. The molecule has 4 N–H and O–H groups in total. The minimum Gasteiger partial charge on any atom is -0.398 e. The first-order valence-electron chi connectivity index (χ1n) is 15.4. The molecule has 0 saturated heterocycles. The number of allylic oxidation sites excluding steroid dienone is 12. The van der Waals surface area contributed by atoms with E-state index in [-0.39, 0.29) is 0 Å². The average molecular weight is 541 g/mol. The van der Waals surface area contributed by atoms with Gasteiger partial charge in [-0.05, 0) is 125 Å². The Labute approximate surface area is 246 Å². The lowest BCUT2D eigenvalue weighted by Gasteiger charge is -2.22. The standard InChI is InChI=1S/C38H56N2/c1-5-9-13-17-21-25-29-33-34(30-26-22-18-14-10-6-2)38(40)36(32-28-24-20-16-12-8-4)35(37(33)39)31-27-23-19-15-11-7-3/h5-8,21-28H,1-4,9-20,29-32,39-40H2. The van der Waals surface area contributed by atoms with E-state index in [0.717, 1.165) is 114 Å². The molecule has 1 aromatic carbocycles. The lowest BCUT2D eigenvalue weighted by atomic mass is 9.87. The minimum absolute atomic E-state index is 0.803. The van der Waals surface area contributed by atoms with Crippen molar-refractivity contribution < 1.29 is 0 Å². The van der Waals surface area contributed by atoms with E-state index in [9.17, 15) is 0 Å². The van der Waals surface area contributed by atoms with Crippen LogP contribution in [0.1, 0.15) is 99.3 Å². The summed E-state index contributed by atoms with van der Waals surface area (Å²) in [5.74, 6) is 0. The van der Waals surface area contributed by atoms with Crippen LogP contribution in [-0.2, 0) is 25.7 Å². The van der Waals surface area contributed by atoms with Crippen LogP contribution in [0.2, 0.25) is 0 Å². The Morgan fingerprint density at radius 2 is 0.575 bits per heavy atom. The minimum atomic E-state index is 0.803. The van der Waals surface area contributed by atoms with Crippen molar-refractivity contribution in [1.82, 2.24) is 0 Å². The molecule has 2 heteroatoms. The van der Waals surface area contributed by atoms with Gasteiger partial charge < -0.3 is 11.5 Å². The first-order chi connectivity index (χ1) is 19.6. The van der Waals surface area contributed by atoms with Gasteiger partial charge in [-0.15, -0.1) is 26.3 Å². The molecular weight excluding hydrogens is 484 g/mol. The Bertz CT molecular complexity index is 845. The van der Waals surface area contributed by atoms with Gasteiger partial charge in [0.2, 0.25) is 0 Å². The molecule has 0 fully saturated rings. The highest BCUT2D eigenvalue weighted by Gasteiger charge is 2.18. The Morgan fingerprint density at radius 1 is 0.350 bits per heavy atom. The SMILES string of the molecule is C=CCCCC=CCc1c(N)c(CC=CCCCC=C)c(CC=CCCCC=C)c(N)c1CC=CCCCC=C. The highest BCUT2D eigenvalue weighted by molar-refractivity contribution is 5.73. The number of nitrogen functional groups attached to an aromatic ring is 2. The largest absolute Gasteiger partial charge is 0.398 e. The quantitative estimate of drug-likeness (QED) is 0.0778. The summed E-state index contributed by atoms with van der Waals surface area (Å²) >= 11 is 0. The molecule has 0 unspecified atom stereocenters. The zero-order valence-corrected chi connectivity index (χ0v) is 25.2. The third kappa shape index (κ3) is 14.2. The van der Waals surface area contributed by atoms with Gasteiger partial charge in [-0.3, -0.25) is 0 Å². The Balaban J connectivity index is 3.38. The molecule has 0 aliphatic rings. The van der Waals surface area contributed by atoms with Gasteiger partial charge in [0.25, 0.3) is 0 Å². The summed E-state index contributed by atoms with van der Waals surface area (Å²) in [5, 5.41) is 0. The number of hydrogen-bond acceptors (Lipinski definition) is 2. The molecule has 0 spiro atoms. The zero-order chi connectivity index (χ0) is 29.3. The number of anilines is 2. The number of benzene rings is 1. The topological polar surface area (TPSA) is 52.0 Å². The van der Waals surface area contributed by atoms with E-state index in [1.165, 1.54) is 22.3 Å². The van der Waals surface area contributed by atoms with Gasteiger partial charge >= 0.3 is 0 Å². The average Bonchev–Trinajstić information content (AvgIpc) is 2.96. The van der Waals surface area contributed by atoms with Crippen molar-refractivity contribution in [1.29, 1.82) is 0 Å². The molecule has 0 amide bonds.